The number of nitrogens with one attached hydrogen (secondary N) is 2. The summed E-state index contributed by atoms with van der Waals surface area (Å²) in [6.07, 6.45) is 0.161. The molecule has 1 saturated heterocycles. The van der Waals surface area contributed by atoms with Gasteiger partial charge in [0.25, 0.3) is 0 Å². The molecule has 31 heavy (non-hydrogen) atoms. The zero-order valence-electron chi connectivity index (χ0n) is 17.3. The fourth-order valence-electron chi connectivity index (χ4n) is 3.37. The molecule has 0 bridgehead atoms. The van der Waals surface area contributed by atoms with Crippen molar-refractivity contribution in [2.45, 2.75) is 38.4 Å². The Morgan fingerprint density at radius 3 is 2.71 bits per heavy atom. The van der Waals surface area contributed by atoms with Gasteiger partial charge in [-0.1, -0.05) is 12.1 Å². The highest BCUT2D eigenvalue weighted by atomic mass is 19.4. The lowest BCUT2D eigenvalue weighted by atomic mass is 10.1. The molecule has 0 saturated carbocycles. The molecule has 0 spiro atoms. The van der Waals surface area contributed by atoms with Crippen molar-refractivity contribution in [3.8, 4) is 0 Å². The number of hydrogen-bond donors (Lipinski definition) is 2. The number of guanidine groups is 1. The Labute approximate surface area is 179 Å². The normalized spacial score (nSPS) is 14.9. The first-order valence-corrected chi connectivity index (χ1v) is 10.4. The molecule has 1 amide bonds. The highest BCUT2D eigenvalue weighted by molar-refractivity contribution is 5.80. The van der Waals surface area contributed by atoms with Crippen molar-refractivity contribution in [2.24, 2.45) is 4.99 Å². The van der Waals surface area contributed by atoms with Crippen molar-refractivity contribution in [2.75, 3.05) is 26.2 Å². The molecule has 9 heteroatoms. The van der Waals surface area contributed by atoms with Crippen molar-refractivity contribution in [1.29, 1.82) is 0 Å². The first-order valence-electron chi connectivity index (χ1n) is 10.4. The minimum atomic E-state index is -4.38. The third-order valence-electron chi connectivity index (χ3n) is 4.99. The largest absolute Gasteiger partial charge is 0.469 e. The summed E-state index contributed by atoms with van der Waals surface area (Å²) in [7, 11) is 0. The minimum absolute atomic E-state index is 0.116. The van der Waals surface area contributed by atoms with Crippen LogP contribution in [0.5, 0.6) is 0 Å². The number of rotatable bonds is 9. The number of hydrogen-bond acceptors (Lipinski definition) is 3. The molecule has 3 rings (SSSR count). The number of carbonyl (C=O) groups excluding carboxylic acids is 1. The molecule has 0 radical (unpaired) electrons. The maximum atomic E-state index is 12.9. The fourth-order valence-corrected chi connectivity index (χ4v) is 3.37. The van der Waals surface area contributed by atoms with Crippen LogP contribution in [-0.2, 0) is 23.9 Å². The smallest absolute Gasteiger partial charge is 0.416 e. The van der Waals surface area contributed by atoms with Crippen LogP contribution in [0, 0.1) is 0 Å². The Morgan fingerprint density at radius 1 is 1.16 bits per heavy atom. The molecule has 0 unspecified atom stereocenters. The summed E-state index contributed by atoms with van der Waals surface area (Å²) in [4.78, 5) is 18.0. The van der Waals surface area contributed by atoms with E-state index in [9.17, 15) is 18.0 Å². The van der Waals surface area contributed by atoms with Crippen LogP contribution in [0.25, 0.3) is 0 Å². The molecule has 1 aromatic carbocycles. The highest BCUT2D eigenvalue weighted by Gasteiger charge is 2.30. The van der Waals surface area contributed by atoms with Crippen molar-refractivity contribution in [1.82, 2.24) is 15.5 Å². The predicted molar refractivity (Wildman–Crippen MR) is 111 cm³/mol. The van der Waals surface area contributed by atoms with E-state index in [1.165, 1.54) is 6.07 Å². The van der Waals surface area contributed by atoms with Gasteiger partial charge in [0.15, 0.2) is 5.96 Å². The number of amides is 1. The Hall–Kier alpha value is -2.97. The standard InChI is InChI=1S/C22H27F3N4O2/c23-22(24,25)18-6-1-5-17(15-18)16-28-21(27-11-9-19-7-3-14-31-19)26-10-4-13-29-12-2-8-20(29)30/h1,3,5-7,14-15H,2,4,8-13,16H2,(H2,26,27,28). The van der Waals surface area contributed by atoms with Gasteiger partial charge in [0.05, 0.1) is 18.4 Å². The summed E-state index contributed by atoms with van der Waals surface area (Å²) in [5, 5.41) is 6.39. The van der Waals surface area contributed by atoms with Gasteiger partial charge in [0.2, 0.25) is 5.91 Å². The monoisotopic (exact) mass is 436 g/mol. The first-order chi connectivity index (χ1) is 14.9. The summed E-state index contributed by atoms with van der Waals surface area (Å²) in [5.41, 5.74) is -0.208. The molecule has 1 aliphatic heterocycles. The van der Waals surface area contributed by atoms with Crippen LogP contribution in [0.4, 0.5) is 13.2 Å². The van der Waals surface area contributed by atoms with Crippen LogP contribution in [0.15, 0.2) is 52.1 Å². The van der Waals surface area contributed by atoms with Gasteiger partial charge >= 0.3 is 6.18 Å². The van der Waals surface area contributed by atoms with Crippen molar-refractivity contribution in [3.63, 3.8) is 0 Å². The first kappa shape index (κ1) is 22.7. The van der Waals surface area contributed by atoms with E-state index in [1.54, 1.807) is 12.3 Å². The summed E-state index contributed by atoms with van der Waals surface area (Å²) in [6.45, 7) is 2.76. The Kier molecular flexibility index (Phi) is 7.97. The Balaban J connectivity index is 1.55. The van der Waals surface area contributed by atoms with E-state index < -0.39 is 11.7 Å². The van der Waals surface area contributed by atoms with E-state index in [2.05, 4.69) is 15.6 Å². The van der Waals surface area contributed by atoms with Gasteiger partial charge in [-0.2, -0.15) is 13.2 Å². The lowest BCUT2D eigenvalue weighted by Crippen LogP contribution is -2.40. The number of benzene rings is 1. The van der Waals surface area contributed by atoms with E-state index in [0.717, 1.165) is 37.3 Å². The molecule has 0 atom stereocenters. The van der Waals surface area contributed by atoms with Crippen LogP contribution in [0.1, 0.15) is 36.1 Å². The molecule has 2 aromatic rings. The number of alkyl halides is 3. The predicted octanol–water partition coefficient (Wildman–Crippen LogP) is 3.59. The number of likely N-dealkylation sites (tertiary alicyclic amines) is 1. The van der Waals surface area contributed by atoms with Crippen LogP contribution < -0.4 is 10.6 Å². The summed E-state index contributed by atoms with van der Waals surface area (Å²) in [6, 6.07) is 8.87. The van der Waals surface area contributed by atoms with E-state index in [-0.39, 0.29) is 12.5 Å². The average Bonchev–Trinajstić information content (AvgIpc) is 3.40. The van der Waals surface area contributed by atoms with Crippen LogP contribution in [-0.4, -0.2) is 42.9 Å². The molecule has 0 aliphatic carbocycles. The van der Waals surface area contributed by atoms with Crippen molar-refractivity contribution >= 4 is 11.9 Å². The Morgan fingerprint density at radius 2 is 2.00 bits per heavy atom. The highest BCUT2D eigenvalue weighted by Crippen LogP contribution is 2.29. The van der Waals surface area contributed by atoms with Crippen molar-refractivity contribution in [3.05, 3.63) is 59.5 Å². The molecule has 1 aromatic heterocycles. The number of halogens is 3. The Bertz CT molecular complexity index is 866. The van der Waals surface area contributed by atoms with E-state index in [1.807, 2.05) is 17.0 Å². The number of furan rings is 1. The number of aliphatic imine (C=N–C) groups is 1. The van der Waals surface area contributed by atoms with Crippen molar-refractivity contribution < 1.29 is 22.4 Å². The third-order valence-corrected chi connectivity index (χ3v) is 4.99. The van der Waals surface area contributed by atoms with Gasteiger partial charge in [-0.05, 0) is 42.7 Å². The lowest BCUT2D eigenvalue weighted by molar-refractivity contribution is -0.137. The number of carbonyl (C=O) groups is 1. The summed E-state index contributed by atoms with van der Waals surface area (Å²) < 4.78 is 44.1. The molecule has 6 nitrogen and oxygen atoms in total. The summed E-state index contributed by atoms with van der Waals surface area (Å²) >= 11 is 0. The molecule has 2 heterocycles. The van der Waals surface area contributed by atoms with Crippen LogP contribution >= 0.6 is 0 Å². The molecule has 1 aliphatic rings. The topological polar surface area (TPSA) is 69.9 Å². The lowest BCUT2D eigenvalue weighted by Gasteiger charge is -2.17. The van der Waals surface area contributed by atoms with E-state index in [0.29, 0.717) is 44.0 Å². The molecule has 2 N–H and O–H groups in total. The minimum Gasteiger partial charge on any atom is -0.469 e. The average molecular weight is 436 g/mol. The van der Waals surface area contributed by atoms with Gasteiger partial charge < -0.3 is 20.0 Å². The molecule has 168 valence electrons. The van der Waals surface area contributed by atoms with Crippen LogP contribution in [0.3, 0.4) is 0 Å². The maximum absolute atomic E-state index is 12.9. The van der Waals surface area contributed by atoms with E-state index >= 15 is 0 Å². The SMILES string of the molecule is O=C1CCCN1CCCNC(=NCc1cccc(C(F)(F)F)c1)NCCc1ccco1. The van der Waals surface area contributed by atoms with Gasteiger partial charge in [-0.15, -0.1) is 0 Å². The quantitative estimate of drug-likeness (QED) is 0.358. The maximum Gasteiger partial charge on any atom is 0.416 e. The molecular formula is C22H27F3N4O2. The van der Waals surface area contributed by atoms with Gasteiger partial charge in [-0.3, -0.25) is 4.79 Å². The molecular weight excluding hydrogens is 409 g/mol. The van der Waals surface area contributed by atoms with E-state index in [4.69, 9.17) is 4.42 Å². The second kappa shape index (κ2) is 10.9. The second-order valence-electron chi connectivity index (χ2n) is 7.38. The summed E-state index contributed by atoms with van der Waals surface area (Å²) in [5.74, 6) is 1.53. The number of nitrogens with zero attached hydrogens (tertiary/aromatic N) is 2. The zero-order valence-corrected chi connectivity index (χ0v) is 17.3. The third kappa shape index (κ3) is 7.34. The van der Waals surface area contributed by atoms with Gasteiger partial charge in [0, 0.05) is 39.0 Å². The van der Waals surface area contributed by atoms with Crippen LogP contribution in [0.2, 0.25) is 0 Å². The van der Waals surface area contributed by atoms with Gasteiger partial charge in [-0.25, -0.2) is 4.99 Å². The zero-order chi connectivity index (χ0) is 22.1. The second-order valence-corrected chi connectivity index (χ2v) is 7.38. The molecule has 1 fully saturated rings. The fraction of sp³-hybridized carbons (Fsp3) is 0.455. The van der Waals surface area contributed by atoms with Gasteiger partial charge in [0.1, 0.15) is 5.76 Å².